The second-order valence-electron chi connectivity index (χ2n) is 9.31. The summed E-state index contributed by atoms with van der Waals surface area (Å²) < 4.78 is 22.2. The highest BCUT2D eigenvalue weighted by atomic mass is 31.2. The number of hydrogen-bond acceptors (Lipinski definition) is 3. The molecule has 5 nitrogen and oxygen atoms in total. The van der Waals surface area contributed by atoms with Gasteiger partial charge in [0.05, 0.1) is 0 Å². The highest BCUT2D eigenvalue weighted by molar-refractivity contribution is 7.46. The van der Waals surface area contributed by atoms with Crippen LogP contribution in [0.4, 0.5) is 0 Å². The van der Waals surface area contributed by atoms with Gasteiger partial charge in [-0.2, -0.15) is 0 Å². The summed E-state index contributed by atoms with van der Waals surface area (Å²) in [6, 6.07) is 35.0. The van der Waals surface area contributed by atoms with Crippen LogP contribution in [0.25, 0.3) is 0 Å². The number of phosphoric ester groups is 1. The molecule has 0 amide bonds. The van der Waals surface area contributed by atoms with Gasteiger partial charge in [0.2, 0.25) is 0 Å². The van der Waals surface area contributed by atoms with E-state index in [1.807, 2.05) is 54.6 Å². The molecule has 0 saturated heterocycles. The summed E-state index contributed by atoms with van der Waals surface area (Å²) in [5, 5.41) is 0. The Morgan fingerprint density at radius 3 is 1.33 bits per heavy atom. The van der Waals surface area contributed by atoms with Gasteiger partial charge in [-0.05, 0) is 22.3 Å². The molecule has 4 aromatic rings. The molecule has 208 valence electrons. The van der Waals surface area contributed by atoms with Gasteiger partial charge in [0, 0.05) is 28.9 Å². The van der Waals surface area contributed by atoms with Gasteiger partial charge in [0.1, 0.15) is 5.75 Å². The number of hydrogen-bond donors (Lipinski definition) is 2. The molecular formula is C33H41O5P. The molecule has 0 aliphatic heterocycles. The Kier molecular flexibility index (Phi) is 11.7. The Labute approximate surface area is 233 Å². The topological polar surface area (TPSA) is 76.0 Å². The molecule has 0 heterocycles. The molecule has 0 fully saturated rings. The van der Waals surface area contributed by atoms with E-state index < -0.39 is 14.6 Å². The van der Waals surface area contributed by atoms with Crippen LogP contribution in [0.5, 0.6) is 5.75 Å². The monoisotopic (exact) mass is 548 g/mol. The summed E-state index contributed by atoms with van der Waals surface area (Å²) in [7, 11) is -4.69. The highest BCUT2D eigenvalue weighted by Crippen LogP contribution is 2.43. The van der Waals surface area contributed by atoms with Crippen LogP contribution in [0.3, 0.4) is 0 Å². The van der Waals surface area contributed by atoms with E-state index in [0.717, 1.165) is 27.8 Å². The highest BCUT2D eigenvalue weighted by Gasteiger charge is 2.25. The van der Waals surface area contributed by atoms with Gasteiger partial charge >= 0.3 is 7.82 Å². The molecule has 0 aliphatic rings. The van der Waals surface area contributed by atoms with Gasteiger partial charge in [0.25, 0.3) is 0 Å². The molecule has 4 rings (SSSR count). The molecule has 0 radical (unpaired) electrons. The van der Waals surface area contributed by atoms with Crippen LogP contribution in [-0.4, -0.2) is 16.6 Å². The molecule has 4 aromatic carbocycles. The third-order valence-electron chi connectivity index (χ3n) is 6.92. The number of rotatable bonds is 10. The normalized spacial score (nSPS) is 13.4. The summed E-state index contributed by atoms with van der Waals surface area (Å²) in [4.78, 5) is 18.5. The second-order valence-corrected chi connectivity index (χ2v) is 10.5. The van der Waals surface area contributed by atoms with E-state index in [1.165, 1.54) is 5.56 Å². The lowest BCUT2D eigenvalue weighted by Gasteiger charge is -2.26. The van der Waals surface area contributed by atoms with Crippen LogP contribution in [0.1, 0.15) is 86.8 Å². The van der Waals surface area contributed by atoms with Crippen molar-refractivity contribution >= 4 is 7.82 Å². The number of ether oxygens (including phenoxy) is 1. The Hall–Kier alpha value is -3.21. The average molecular weight is 549 g/mol. The third-order valence-corrected chi connectivity index (χ3v) is 7.37. The van der Waals surface area contributed by atoms with Crippen molar-refractivity contribution in [3.05, 3.63) is 137 Å². The van der Waals surface area contributed by atoms with Crippen molar-refractivity contribution in [3.8, 4) is 5.75 Å². The minimum Gasteiger partial charge on any atom is -0.466 e. The largest absolute Gasteiger partial charge is 0.472 e. The quantitative estimate of drug-likeness (QED) is 0.153. The first-order chi connectivity index (χ1) is 17.7. The maximum atomic E-state index is 11.4. The Morgan fingerprint density at radius 1 is 0.615 bits per heavy atom. The average Bonchev–Trinajstić information content (AvgIpc) is 2.92. The van der Waals surface area contributed by atoms with Crippen molar-refractivity contribution in [1.82, 2.24) is 0 Å². The van der Waals surface area contributed by atoms with Crippen molar-refractivity contribution in [3.63, 3.8) is 0 Å². The maximum absolute atomic E-state index is 11.4. The zero-order chi connectivity index (χ0) is 26.4. The van der Waals surface area contributed by atoms with E-state index in [-0.39, 0.29) is 32.6 Å². The standard InChI is InChI=1S/C31H33O5P.2CH4/c1-22(25-13-7-4-8-14-25)28-19-29(23(2)26-15-9-5-10-16-26)31(35-21-36-37(32,33)34)30(20-28)24(3)27-17-11-6-12-18-27;;/h4-20,22-24H,21H2,1-3H3,(H2,32,33,34);2*1H4. The van der Waals surface area contributed by atoms with E-state index in [0.29, 0.717) is 5.75 Å². The molecule has 0 aromatic heterocycles. The predicted molar refractivity (Wildman–Crippen MR) is 160 cm³/mol. The molecule has 2 N–H and O–H groups in total. The first-order valence-electron chi connectivity index (χ1n) is 12.4. The predicted octanol–water partition coefficient (Wildman–Crippen LogP) is 8.86. The van der Waals surface area contributed by atoms with E-state index in [1.54, 1.807) is 0 Å². The number of phosphoric acid groups is 1. The van der Waals surface area contributed by atoms with Crippen LogP contribution >= 0.6 is 7.82 Å². The van der Waals surface area contributed by atoms with Gasteiger partial charge in [0.15, 0.2) is 6.79 Å². The fraction of sp³-hybridized carbons (Fsp3) is 0.273. The van der Waals surface area contributed by atoms with Crippen molar-refractivity contribution in [1.29, 1.82) is 0 Å². The van der Waals surface area contributed by atoms with E-state index in [9.17, 15) is 14.4 Å². The van der Waals surface area contributed by atoms with E-state index >= 15 is 0 Å². The van der Waals surface area contributed by atoms with Gasteiger partial charge in [-0.25, -0.2) is 9.09 Å². The summed E-state index contributed by atoms with van der Waals surface area (Å²) in [5.41, 5.74) is 6.47. The van der Waals surface area contributed by atoms with Crippen molar-refractivity contribution in [2.75, 3.05) is 6.79 Å². The SMILES string of the molecule is C.C.CC(c1ccccc1)c1cc(C(C)c2ccccc2)c(OCOP(=O)(O)O)c(C(C)c2ccccc2)c1. The zero-order valence-electron chi connectivity index (χ0n) is 21.3. The van der Waals surface area contributed by atoms with Crippen molar-refractivity contribution in [2.24, 2.45) is 0 Å². The van der Waals surface area contributed by atoms with Crippen LogP contribution in [0.15, 0.2) is 103 Å². The molecule has 3 atom stereocenters. The fourth-order valence-electron chi connectivity index (χ4n) is 4.69. The lowest BCUT2D eigenvalue weighted by molar-refractivity contribution is 0.0811. The third kappa shape index (κ3) is 8.14. The van der Waals surface area contributed by atoms with E-state index in [2.05, 4.69) is 69.3 Å². The smallest absolute Gasteiger partial charge is 0.466 e. The first-order valence-corrected chi connectivity index (χ1v) is 13.9. The summed E-state index contributed by atoms with van der Waals surface area (Å²) in [6.07, 6.45) is 0. The van der Waals surface area contributed by atoms with Gasteiger partial charge < -0.3 is 14.5 Å². The molecule has 39 heavy (non-hydrogen) atoms. The molecule has 0 saturated carbocycles. The van der Waals surface area contributed by atoms with Crippen molar-refractivity contribution in [2.45, 2.75) is 53.4 Å². The molecule has 0 bridgehead atoms. The number of benzene rings is 4. The Bertz CT molecular complexity index is 1270. The van der Waals surface area contributed by atoms with Crippen LogP contribution in [0, 0.1) is 0 Å². The summed E-state index contributed by atoms with van der Waals surface area (Å²) in [6.45, 7) is 5.88. The lowest BCUT2D eigenvalue weighted by atomic mass is 9.81. The molecule has 0 aliphatic carbocycles. The van der Waals surface area contributed by atoms with Crippen LogP contribution in [-0.2, 0) is 9.09 Å². The molecule has 0 spiro atoms. The summed E-state index contributed by atoms with van der Waals surface area (Å²) >= 11 is 0. The molecule has 3 unspecified atom stereocenters. The zero-order valence-corrected chi connectivity index (χ0v) is 22.2. The fourth-order valence-corrected chi connectivity index (χ4v) is 4.88. The van der Waals surface area contributed by atoms with Gasteiger partial charge in [-0.15, -0.1) is 0 Å². The first kappa shape index (κ1) is 32.0. The Morgan fingerprint density at radius 2 is 0.974 bits per heavy atom. The van der Waals surface area contributed by atoms with Crippen molar-refractivity contribution < 1.29 is 23.6 Å². The minimum atomic E-state index is -4.69. The maximum Gasteiger partial charge on any atom is 0.472 e. The van der Waals surface area contributed by atoms with E-state index in [4.69, 9.17) is 9.26 Å². The van der Waals surface area contributed by atoms with Gasteiger partial charge in [-0.3, -0.25) is 0 Å². The molecular weight excluding hydrogens is 507 g/mol. The summed E-state index contributed by atoms with van der Waals surface area (Å²) in [5.74, 6) is 0.655. The molecule has 6 heteroatoms. The lowest BCUT2D eigenvalue weighted by Crippen LogP contribution is -2.12. The second kappa shape index (κ2) is 14.3. The Balaban J connectivity index is 0.00000267. The van der Waals surface area contributed by atoms with Crippen LogP contribution < -0.4 is 4.74 Å². The van der Waals surface area contributed by atoms with Gasteiger partial charge in [-0.1, -0.05) is 139 Å². The minimum absolute atomic E-state index is 0. The van der Waals surface area contributed by atoms with Crippen LogP contribution in [0.2, 0.25) is 0 Å².